The maximum Gasteiger partial charge on any atom is 0.345 e. The standard InChI is InChI=1S/C20H24FN3O4/c1-2-27-20(25)17-18(15-5-3-4-6-16(15)21)22-24-8-7-14(13-28-19(17)24)23-9-11-26-12-10-23/h3-6,14H,2,7-13H2,1H3. The highest BCUT2D eigenvalue weighted by Crippen LogP contribution is 2.34. The first-order valence-electron chi connectivity index (χ1n) is 9.66. The molecule has 28 heavy (non-hydrogen) atoms. The second-order valence-corrected chi connectivity index (χ2v) is 6.85. The minimum absolute atomic E-state index is 0.189. The first kappa shape index (κ1) is 18.9. The van der Waals surface area contributed by atoms with Crippen LogP contribution < -0.4 is 4.74 Å². The summed E-state index contributed by atoms with van der Waals surface area (Å²) < 4.78 is 32.7. The lowest BCUT2D eigenvalue weighted by atomic mass is 10.1. The number of halogens is 1. The Morgan fingerprint density at radius 3 is 2.82 bits per heavy atom. The van der Waals surface area contributed by atoms with Crippen molar-refractivity contribution in [3.05, 3.63) is 35.6 Å². The summed E-state index contributed by atoms with van der Waals surface area (Å²) in [6.07, 6.45) is 0.827. The van der Waals surface area contributed by atoms with E-state index in [1.807, 2.05) is 0 Å². The molecule has 0 aliphatic carbocycles. The maximum absolute atomic E-state index is 14.4. The third-order valence-electron chi connectivity index (χ3n) is 5.16. The summed E-state index contributed by atoms with van der Waals surface area (Å²) >= 11 is 0. The van der Waals surface area contributed by atoms with Crippen LogP contribution in [0, 0.1) is 5.82 Å². The third-order valence-corrected chi connectivity index (χ3v) is 5.16. The fourth-order valence-corrected chi connectivity index (χ4v) is 3.73. The predicted molar refractivity (Wildman–Crippen MR) is 99.9 cm³/mol. The maximum atomic E-state index is 14.4. The van der Waals surface area contributed by atoms with Crippen molar-refractivity contribution in [2.75, 3.05) is 39.5 Å². The summed E-state index contributed by atoms with van der Waals surface area (Å²) in [5.74, 6) is -0.633. The lowest BCUT2D eigenvalue weighted by molar-refractivity contribution is 0.00547. The summed E-state index contributed by atoms with van der Waals surface area (Å²) in [5.41, 5.74) is 0.713. The summed E-state index contributed by atoms with van der Waals surface area (Å²) in [5, 5.41) is 4.53. The van der Waals surface area contributed by atoms with Crippen molar-refractivity contribution in [1.29, 1.82) is 0 Å². The van der Waals surface area contributed by atoms with Crippen molar-refractivity contribution in [2.45, 2.75) is 25.9 Å². The molecule has 1 atom stereocenters. The molecule has 2 aliphatic rings. The van der Waals surface area contributed by atoms with Crippen LogP contribution in [0.5, 0.6) is 5.88 Å². The molecule has 2 aliphatic heterocycles. The number of fused-ring (bicyclic) bond motifs is 1. The number of benzene rings is 1. The third kappa shape index (κ3) is 3.62. The molecule has 0 amide bonds. The van der Waals surface area contributed by atoms with Gasteiger partial charge < -0.3 is 14.2 Å². The Morgan fingerprint density at radius 2 is 2.07 bits per heavy atom. The van der Waals surface area contributed by atoms with E-state index >= 15 is 0 Å². The van der Waals surface area contributed by atoms with E-state index in [9.17, 15) is 9.18 Å². The van der Waals surface area contributed by atoms with Gasteiger partial charge in [-0.2, -0.15) is 5.10 Å². The van der Waals surface area contributed by atoms with Gasteiger partial charge in [-0.15, -0.1) is 0 Å². The fourth-order valence-electron chi connectivity index (χ4n) is 3.73. The van der Waals surface area contributed by atoms with Crippen LogP contribution in [0.1, 0.15) is 23.7 Å². The molecule has 0 saturated carbocycles. The van der Waals surface area contributed by atoms with Crippen molar-refractivity contribution in [3.8, 4) is 17.1 Å². The van der Waals surface area contributed by atoms with Crippen LogP contribution in [-0.2, 0) is 16.0 Å². The molecule has 4 rings (SSSR count). The highest BCUT2D eigenvalue weighted by molar-refractivity contribution is 5.98. The van der Waals surface area contributed by atoms with Gasteiger partial charge in [0.2, 0.25) is 5.88 Å². The van der Waals surface area contributed by atoms with Crippen molar-refractivity contribution >= 4 is 5.97 Å². The molecule has 1 aromatic carbocycles. The molecule has 1 saturated heterocycles. The summed E-state index contributed by atoms with van der Waals surface area (Å²) in [7, 11) is 0. The molecule has 7 nitrogen and oxygen atoms in total. The van der Waals surface area contributed by atoms with Crippen LogP contribution in [-0.4, -0.2) is 66.2 Å². The van der Waals surface area contributed by atoms with Crippen LogP contribution in [0.25, 0.3) is 11.3 Å². The number of rotatable bonds is 4. The number of aryl methyl sites for hydroxylation is 1. The number of ether oxygens (including phenoxy) is 3. The molecule has 3 heterocycles. The first-order valence-corrected chi connectivity index (χ1v) is 9.66. The van der Waals surface area contributed by atoms with Gasteiger partial charge in [0, 0.05) is 31.2 Å². The smallest absolute Gasteiger partial charge is 0.345 e. The van der Waals surface area contributed by atoms with E-state index in [2.05, 4.69) is 10.00 Å². The Balaban J connectivity index is 1.67. The number of carbonyl (C=O) groups excluding carboxylic acids is 1. The zero-order chi connectivity index (χ0) is 19.5. The van der Waals surface area contributed by atoms with E-state index in [-0.39, 0.29) is 29.5 Å². The predicted octanol–water partition coefficient (Wildman–Crippen LogP) is 2.35. The molecule has 0 spiro atoms. The molecule has 0 N–H and O–H groups in total. The number of hydrogen-bond donors (Lipinski definition) is 0. The molecule has 0 bridgehead atoms. The van der Waals surface area contributed by atoms with Gasteiger partial charge in [-0.1, -0.05) is 12.1 Å². The zero-order valence-corrected chi connectivity index (χ0v) is 15.9. The molecule has 1 unspecified atom stereocenters. The molecule has 8 heteroatoms. The van der Waals surface area contributed by atoms with Gasteiger partial charge in [-0.05, 0) is 25.5 Å². The average Bonchev–Trinajstić information content (AvgIpc) is 2.95. The number of esters is 1. The van der Waals surface area contributed by atoms with E-state index in [0.29, 0.717) is 32.2 Å². The zero-order valence-electron chi connectivity index (χ0n) is 15.9. The normalized spacial score (nSPS) is 20.1. The number of aromatic nitrogens is 2. The number of morpholine rings is 1. The Kier molecular flexibility index (Phi) is 5.59. The number of nitrogens with zero attached hydrogens (tertiary/aromatic N) is 3. The highest BCUT2D eigenvalue weighted by atomic mass is 19.1. The van der Waals surface area contributed by atoms with E-state index in [1.165, 1.54) is 6.07 Å². The quantitative estimate of drug-likeness (QED) is 0.748. The van der Waals surface area contributed by atoms with Gasteiger partial charge in [0.15, 0.2) is 0 Å². The van der Waals surface area contributed by atoms with E-state index in [4.69, 9.17) is 14.2 Å². The Bertz CT molecular complexity index is 848. The molecule has 1 fully saturated rings. The van der Waals surface area contributed by atoms with Crippen molar-refractivity contribution in [1.82, 2.24) is 14.7 Å². The lowest BCUT2D eigenvalue weighted by Gasteiger charge is -2.33. The summed E-state index contributed by atoms with van der Waals surface area (Å²) in [6, 6.07) is 6.50. The van der Waals surface area contributed by atoms with E-state index < -0.39 is 11.8 Å². The molecule has 0 radical (unpaired) electrons. The lowest BCUT2D eigenvalue weighted by Crippen LogP contribution is -2.46. The molecule has 2 aromatic rings. The second kappa shape index (κ2) is 8.28. The largest absolute Gasteiger partial charge is 0.476 e. The van der Waals surface area contributed by atoms with Gasteiger partial charge in [-0.25, -0.2) is 13.9 Å². The monoisotopic (exact) mass is 389 g/mol. The Hall–Kier alpha value is -2.45. The van der Waals surface area contributed by atoms with Crippen LogP contribution in [0.4, 0.5) is 4.39 Å². The molecule has 1 aromatic heterocycles. The van der Waals surface area contributed by atoms with Gasteiger partial charge in [-0.3, -0.25) is 4.90 Å². The van der Waals surface area contributed by atoms with Crippen molar-refractivity contribution in [2.24, 2.45) is 0 Å². The minimum Gasteiger partial charge on any atom is -0.476 e. The average molecular weight is 389 g/mol. The van der Waals surface area contributed by atoms with Crippen LogP contribution >= 0.6 is 0 Å². The van der Waals surface area contributed by atoms with Crippen LogP contribution in [0.15, 0.2) is 24.3 Å². The Labute approximate surface area is 163 Å². The van der Waals surface area contributed by atoms with Gasteiger partial charge in [0.05, 0.1) is 19.8 Å². The number of carbonyl (C=O) groups is 1. The van der Waals surface area contributed by atoms with Crippen molar-refractivity contribution in [3.63, 3.8) is 0 Å². The van der Waals surface area contributed by atoms with E-state index in [1.54, 1.807) is 29.8 Å². The second-order valence-electron chi connectivity index (χ2n) is 6.85. The van der Waals surface area contributed by atoms with Crippen LogP contribution in [0.2, 0.25) is 0 Å². The van der Waals surface area contributed by atoms with Gasteiger partial charge in [0.25, 0.3) is 0 Å². The molecule has 150 valence electrons. The first-order chi connectivity index (χ1) is 13.7. The Morgan fingerprint density at radius 1 is 1.29 bits per heavy atom. The topological polar surface area (TPSA) is 65.8 Å². The SMILES string of the molecule is CCOC(=O)c1c(-c2ccccc2F)nn2c1OCC(N1CCOCC1)CC2. The van der Waals surface area contributed by atoms with Crippen molar-refractivity contribution < 1.29 is 23.4 Å². The van der Waals surface area contributed by atoms with Crippen LogP contribution in [0.3, 0.4) is 0 Å². The number of hydrogen-bond acceptors (Lipinski definition) is 6. The molecular formula is C20H24FN3O4. The summed E-state index contributed by atoms with van der Waals surface area (Å²) in [4.78, 5) is 15.0. The van der Waals surface area contributed by atoms with E-state index in [0.717, 1.165) is 19.5 Å². The van der Waals surface area contributed by atoms with Gasteiger partial charge in [0.1, 0.15) is 23.7 Å². The highest BCUT2D eigenvalue weighted by Gasteiger charge is 2.32. The fraction of sp³-hybridized carbons (Fsp3) is 0.500. The minimum atomic E-state index is -0.549. The summed E-state index contributed by atoms with van der Waals surface area (Å²) in [6.45, 7) is 6.13. The molecular weight excluding hydrogens is 365 g/mol. The van der Waals surface area contributed by atoms with Gasteiger partial charge >= 0.3 is 5.97 Å².